The number of hydrogen-bond acceptors (Lipinski definition) is 3. The van der Waals surface area contributed by atoms with Gasteiger partial charge in [-0.15, -0.1) is 0 Å². The number of hydrogen-bond donors (Lipinski definition) is 1. The Morgan fingerprint density at radius 3 is 2.83 bits per heavy atom. The standard InChI is InChI=1S/C14H21NO3/c1-4-14-10-8-5-7(11(16)12(8)18-14)9(10)13(17)15(14)6(2)3/h6-12,16H,4-5H2,1-3H3/t7-,8-,9+,10-,11+,12-,14-/m0/s1. The molecule has 0 aromatic rings. The summed E-state index contributed by atoms with van der Waals surface area (Å²) in [6.45, 7) is 6.24. The van der Waals surface area contributed by atoms with Gasteiger partial charge in [-0.05, 0) is 38.5 Å². The van der Waals surface area contributed by atoms with Gasteiger partial charge in [0.2, 0.25) is 5.91 Å². The second-order valence-corrected chi connectivity index (χ2v) is 6.69. The summed E-state index contributed by atoms with van der Waals surface area (Å²) < 4.78 is 6.28. The lowest BCUT2D eigenvalue weighted by Gasteiger charge is -2.40. The van der Waals surface area contributed by atoms with Crippen molar-refractivity contribution in [2.24, 2.45) is 23.7 Å². The van der Waals surface area contributed by atoms with Crippen LogP contribution in [0.4, 0.5) is 0 Å². The second kappa shape index (κ2) is 3.10. The minimum absolute atomic E-state index is 0.0195. The molecule has 0 spiro atoms. The summed E-state index contributed by atoms with van der Waals surface area (Å²) in [5, 5.41) is 10.3. The SMILES string of the molecule is CC[C@]12O[C@@H]3[C@H](O)[C@H]4C[C@H]3[C@H]1[C@@H]4C(=O)N2C(C)C. The first-order chi connectivity index (χ1) is 8.53. The van der Waals surface area contributed by atoms with E-state index in [4.69, 9.17) is 4.74 Å². The van der Waals surface area contributed by atoms with E-state index in [-0.39, 0.29) is 29.9 Å². The van der Waals surface area contributed by atoms with Gasteiger partial charge >= 0.3 is 0 Å². The van der Waals surface area contributed by atoms with Crippen molar-refractivity contribution in [3.8, 4) is 0 Å². The van der Waals surface area contributed by atoms with Gasteiger partial charge in [-0.3, -0.25) is 4.79 Å². The molecule has 2 bridgehead atoms. The van der Waals surface area contributed by atoms with E-state index in [1.807, 2.05) is 4.90 Å². The smallest absolute Gasteiger partial charge is 0.229 e. The van der Waals surface area contributed by atoms with Gasteiger partial charge in [0.1, 0.15) is 5.72 Å². The third-order valence-corrected chi connectivity index (χ3v) is 5.87. The molecule has 7 atom stereocenters. The average Bonchev–Trinajstić information content (AvgIpc) is 2.94. The second-order valence-electron chi connectivity index (χ2n) is 6.69. The van der Waals surface area contributed by atoms with Crippen molar-refractivity contribution >= 4 is 5.91 Å². The van der Waals surface area contributed by atoms with Crippen LogP contribution < -0.4 is 0 Å². The predicted molar refractivity (Wildman–Crippen MR) is 64.5 cm³/mol. The molecule has 4 heteroatoms. The first-order valence-electron chi connectivity index (χ1n) is 7.22. The zero-order valence-corrected chi connectivity index (χ0v) is 11.2. The van der Waals surface area contributed by atoms with Gasteiger partial charge in [0, 0.05) is 12.0 Å². The van der Waals surface area contributed by atoms with Crippen LogP contribution in [0.5, 0.6) is 0 Å². The Morgan fingerprint density at radius 2 is 2.22 bits per heavy atom. The van der Waals surface area contributed by atoms with Crippen molar-refractivity contribution in [2.75, 3.05) is 0 Å². The minimum Gasteiger partial charge on any atom is -0.390 e. The molecule has 2 saturated carbocycles. The number of amides is 1. The van der Waals surface area contributed by atoms with Gasteiger partial charge in [-0.1, -0.05) is 6.92 Å². The maximum absolute atomic E-state index is 12.7. The van der Waals surface area contributed by atoms with Gasteiger partial charge in [0.05, 0.1) is 18.1 Å². The third-order valence-electron chi connectivity index (χ3n) is 5.87. The lowest BCUT2D eigenvalue weighted by Crippen LogP contribution is -2.53. The molecule has 4 aliphatic rings. The number of aliphatic hydroxyl groups excluding tert-OH is 1. The number of rotatable bonds is 2. The highest BCUT2D eigenvalue weighted by Crippen LogP contribution is 2.68. The van der Waals surface area contributed by atoms with Crippen LogP contribution in [0.15, 0.2) is 0 Å². The molecule has 100 valence electrons. The summed E-state index contributed by atoms with van der Waals surface area (Å²) in [6, 6.07) is 0.179. The largest absolute Gasteiger partial charge is 0.390 e. The van der Waals surface area contributed by atoms with Crippen molar-refractivity contribution < 1.29 is 14.6 Å². The molecular formula is C14H21NO3. The van der Waals surface area contributed by atoms with Crippen molar-refractivity contribution in [2.45, 2.75) is 57.6 Å². The van der Waals surface area contributed by atoms with Gasteiger partial charge in [-0.25, -0.2) is 0 Å². The molecule has 0 unspecified atom stereocenters. The Bertz CT molecular complexity index is 423. The Morgan fingerprint density at radius 1 is 1.50 bits per heavy atom. The monoisotopic (exact) mass is 251 g/mol. The summed E-state index contributed by atoms with van der Waals surface area (Å²) >= 11 is 0. The fourth-order valence-corrected chi connectivity index (χ4v) is 5.50. The summed E-state index contributed by atoms with van der Waals surface area (Å²) in [6.07, 6.45) is 1.39. The normalized spacial score (nSPS) is 56.3. The lowest BCUT2D eigenvalue weighted by molar-refractivity contribution is -0.184. The molecule has 4 fully saturated rings. The van der Waals surface area contributed by atoms with Crippen LogP contribution in [-0.4, -0.2) is 39.9 Å². The van der Waals surface area contributed by atoms with E-state index in [1.165, 1.54) is 0 Å². The van der Waals surface area contributed by atoms with Gasteiger partial charge in [0.25, 0.3) is 0 Å². The van der Waals surface area contributed by atoms with Crippen LogP contribution in [0.2, 0.25) is 0 Å². The van der Waals surface area contributed by atoms with E-state index in [0.717, 1.165) is 12.8 Å². The van der Waals surface area contributed by atoms with Gasteiger partial charge in [-0.2, -0.15) is 0 Å². The molecule has 0 radical (unpaired) electrons. The fourth-order valence-electron chi connectivity index (χ4n) is 5.50. The Hall–Kier alpha value is -0.610. The number of aliphatic hydroxyl groups is 1. The van der Waals surface area contributed by atoms with Crippen LogP contribution in [0.3, 0.4) is 0 Å². The fraction of sp³-hybridized carbons (Fsp3) is 0.929. The summed E-state index contributed by atoms with van der Waals surface area (Å²) in [5.74, 6) is 1.13. The predicted octanol–water partition coefficient (Wildman–Crippen LogP) is 0.985. The lowest BCUT2D eigenvalue weighted by atomic mass is 9.76. The zero-order chi connectivity index (χ0) is 12.8. The number of likely N-dealkylation sites (tertiary alicyclic amines) is 1. The van der Waals surface area contributed by atoms with E-state index in [1.54, 1.807) is 0 Å². The first-order valence-corrected chi connectivity index (χ1v) is 7.22. The molecule has 2 aliphatic carbocycles. The van der Waals surface area contributed by atoms with E-state index >= 15 is 0 Å². The van der Waals surface area contributed by atoms with E-state index in [0.29, 0.717) is 11.8 Å². The Labute approximate surface area is 107 Å². The summed E-state index contributed by atoms with van der Waals surface area (Å²) in [7, 11) is 0. The minimum atomic E-state index is -0.419. The highest BCUT2D eigenvalue weighted by atomic mass is 16.6. The number of carbonyl (C=O) groups is 1. The summed E-state index contributed by atoms with van der Waals surface area (Å²) in [4.78, 5) is 14.7. The topological polar surface area (TPSA) is 49.8 Å². The average molecular weight is 251 g/mol. The molecule has 2 heterocycles. The molecule has 18 heavy (non-hydrogen) atoms. The van der Waals surface area contributed by atoms with Crippen molar-refractivity contribution in [3.05, 3.63) is 0 Å². The zero-order valence-electron chi connectivity index (χ0n) is 11.2. The number of ether oxygens (including phenoxy) is 1. The molecule has 1 amide bonds. The van der Waals surface area contributed by atoms with E-state index in [9.17, 15) is 9.90 Å². The molecule has 0 aromatic carbocycles. The molecule has 1 N–H and O–H groups in total. The number of carbonyl (C=O) groups excluding carboxylic acids is 1. The van der Waals surface area contributed by atoms with Crippen molar-refractivity contribution in [3.63, 3.8) is 0 Å². The molecule has 2 saturated heterocycles. The third kappa shape index (κ3) is 0.904. The quantitative estimate of drug-likeness (QED) is 0.796. The van der Waals surface area contributed by atoms with Gasteiger partial charge in [0.15, 0.2) is 0 Å². The number of fused-ring (bicyclic) bond motifs is 2. The maximum atomic E-state index is 12.7. The van der Waals surface area contributed by atoms with Gasteiger partial charge < -0.3 is 14.7 Å². The van der Waals surface area contributed by atoms with E-state index < -0.39 is 11.8 Å². The molecule has 4 nitrogen and oxygen atoms in total. The highest BCUT2D eigenvalue weighted by Gasteiger charge is 2.77. The number of nitrogens with zero attached hydrogens (tertiary/aromatic N) is 1. The maximum Gasteiger partial charge on any atom is 0.229 e. The van der Waals surface area contributed by atoms with Crippen LogP contribution in [0.1, 0.15) is 33.6 Å². The van der Waals surface area contributed by atoms with Crippen LogP contribution in [0.25, 0.3) is 0 Å². The van der Waals surface area contributed by atoms with E-state index in [2.05, 4.69) is 20.8 Å². The molecule has 2 aliphatic heterocycles. The molecule has 0 aromatic heterocycles. The van der Waals surface area contributed by atoms with Crippen LogP contribution in [0, 0.1) is 23.7 Å². The van der Waals surface area contributed by atoms with Crippen molar-refractivity contribution in [1.29, 1.82) is 0 Å². The first kappa shape index (κ1) is 11.2. The Balaban J connectivity index is 1.87. The Kier molecular flexibility index (Phi) is 1.93. The van der Waals surface area contributed by atoms with Crippen LogP contribution >= 0.6 is 0 Å². The van der Waals surface area contributed by atoms with Crippen LogP contribution in [-0.2, 0) is 9.53 Å². The highest BCUT2D eigenvalue weighted by molar-refractivity contribution is 5.84. The van der Waals surface area contributed by atoms with Crippen molar-refractivity contribution in [1.82, 2.24) is 4.90 Å². The summed E-state index contributed by atoms with van der Waals surface area (Å²) in [5.41, 5.74) is -0.419. The molecule has 4 rings (SSSR count). The molecular weight excluding hydrogens is 230 g/mol.